The Kier molecular flexibility index (Phi) is 4.32. The van der Waals surface area contributed by atoms with E-state index in [1.807, 2.05) is 13.8 Å². The summed E-state index contributed by atoms with van der Waals surface area (Å²) in [5, 5.41) is -0.530. The Balaban J connectivity index is 2.38. The van der Waals surface area contributed by atoms with E-state index in [9.17, 15) is 13.2 Å². The molecule has 0 unspecified atom stereocenters. The second-order valence-corrected chi connectivity index (χ2v) is 4.55. The molecule has 112 valence electrons. The maximum absolute atomic E-state index is 12.7. The Morgan fingerprint density at radius 1 is 1.19 bits per heavy atom. The minimum Gasteiger partial charge on any atom is -0.437 e. The zero-order valence-electron chi connectivity index (χ0n) is 11.2. The largest absolute Gasteiger partial charge is 0.437 e. The summed E-state index contributed by atoms with van der Waals surface area (Å²) in [7, 11) is 0. The molecule has 0 spiro atoms. The predicted octanol–water partition coefficient (Wildman–Crippen LogP) is 4.21. The number of aryl methyl sites for hydroxylation is 2. The highest BCUT2D eigenvalue weighted by Gasteiger charge is 2.34. The van der Waals surface area contributed by atoms with Crippen molar-refractivity contribution in [2.45, 2.75) is 26.4 Å². The average molecular weight is 318 g/mol. The third-order valence-corrected chi connectivity index (χ3v) is 2.76. The van der Waals surface area contributed by atoms with E-state index in [1.165, 1.54) is 0 Å². The maximum Gasteiger partial charge on any atom is 0.433 e. The van der Waals surface area contributed by atoms with E-state index in [4.69, 9.17) is 16.3 Å². The van der Waals surface area contributed by atoms with Crippen LogP contribution in [0.3, 0.4) is 0 Å². The van der Waals surface area contributed by atoms with Gasteiger partial charge in [-0.25, -0.2) is 4.98 Å². The van der Waals surface area contributed by atoms with E-state index in [2.05, 4.69) is 15.0 Å². The van der Waals surface area contributed by atoms with Crippen LogP contribution < -0.4 is 4.74 Å². The summed E-state index contributed by atoms with van der Waals surface area (Å²) in [6, 6.07) is 4.03. The van der Waals surface area contributed by atoms with Crippen LogP contribution in [0.1, 0.15) is 24.0 Å². The van der Waals surface area contributed by atoms with Crippen molar-refractivity contribution in [1.82, 2.24) is 15.0 Å². The van der Waals surface area contributed by atoms with Crippen LogP contribution in [0.25, 0.3) is 0 Å². The molecule has 0 aliphatic heterocycles. The molecule has 0 saturated heterocycles. The van der Waals surface area contributed by atoms with Crippen LogP contribution >= 0.6 is 11.6 Å². The van der Waals surface area contributed by atoms with Crippen molar-refractivity contribution >= 4 is 11.6 Å². The Hall–Kier alpha value is -1.89. The van der Waals surface area contributed by atoms with Gasteiger partial charge in [-0.1, -0.05) is 6.92 Å². The lowest BCUT2D eigenvalue weighted by atomic mass is 10.2. The van der Waals surface area contributed by atoms with Crippen molar-refractivity contribution in [3.63, 3.8) is 0 Å². The molecule has 2 heterocycles. The highest BCUT2D eigenvalue weighted by Crippen LogP contribution is 2.32. The second-order valence-electron chi connectivity index (χ2n) is 4.21. The van der Waals surface area contributed by atoms with Gasteiger partial charge in [0.05, 0.1) is 5.69 Å². The first-order chi connectivity index (χ1) is 9.79. The number of ether oxygens (including phenoxy) is 1. The van der Waals surface area contributed by atoms with Crippen LogP contribution in [-0.2, 0) is 12.6 Å². The summed E-state index contributed by atoms with van der Waals surface area (Å²) in [5.74, 6) is 0.0636. The van der Waals surface area contributed by atoms with Gasteiger partial charge in [0.15, 0.2) is 11.4 Å². The summed E-state index contributed by atoms with van der Waals surface area (Å²) in [6.45, 7) is 3.68. The number of aromatic nitrogens is 3. The lowest BCUT2D eigenvalue weighted by molar-refractivity contribution is -0.141. The van der Waals surface area contributed by atoms with Gasteiger partial charge >= 0.3 is 6.18 Å². The molecule has 2 aromatic rings. The topological polar surface area (TPSA) is 47.9 Å². The van der Waals surface area contributed by atoms with Gasteiger partial charge in [0, 0.05) is 11.8 Å². The second kappa shape index (κ2) is 5.85. The first-order valence-corrected chi connectivity index (χ1v) is 6.43. The summed E-state index contributed by atoms with van der Waals surface area (Å²) in [4.78, 5) is 11.0. The van der Waals surface area contributed by atoms with Crippen LogP contribution in [0.5, 0.6) is 11.6 Å². The monoisotopic (exact) mass is 317 g/mol. The summed E-state index contributed by atoms with van der Waals surface area (Å²) < 4.78 is 43.4. The van der Waals surface area contributed by atoms with Crippen molar-refractivity contribution in [3.8, 4) is 11.6 Å². The number of hydrogen-bond donors (Lipinski definition) is 0. The summed E-state index contributed by atoms with van der Waals surface area (Å²) in [6.07, 6.45) is -4.05. The van der Waals surface area contributed by atoms with E-state index in [0.29, 0.717) is 23.9 Å². The van der Waals surface area contributed by atoms with Gasteiger partial charge in [-0.2, -0.15) is 18.2 Å². The van der Waals surface area contributed by atoms with Gasteiger partial charge in [0.25, 0.3) is 0 Å². The smallest absolute Gasteiger partial charge is 0.433 e. The van der Waals surface area contributed by atoms with Gasteiger partial charge in [0.1, 0.15) is 0 Å². The Morgan fingerprint density at radius 2 is 1.90 bits per heavy atom. The fraction of sp³-hybridized carbons (Fsp3) is 0.308. The standard InChI is InChI=1S/C13H11ClF3N3O/c1-3-8-9(5-4-7(2)18-8)21-11-6-10(13(15,16)17)19-12(14)20-11/h4-6H,3H2,1-2H3. The van der Waals surface area contributed by atoms with E-state index < -0.39 is 17.2 Å². The molecule has 2 aromatic heterocycles. The Morgan fingerprint density at radius 3 is 2.52 bits per heavy atom. The van der Waals surface area contributed by atoms with Crippen LogP contribution in [-0.4, -0.2) is 15.0 Å². The number of halogens is 4. The summed E-state index contributed by atoms with van der Waals surface area (Å²) >= 11 is 5.50. The van der Waals surface area contributed by atoms with Crippen molar-refractivity contribution in [1.29, 1.82) is 0 Å². The van der Waals surface area contributed by atoms with Gasteiger partial charge in [-0.05, 0) is 37.1 Å². The molecule has 0 aliphatic carbocycles. The van der Waals surface area contributed by atoms with Crippen molar-refractivity contribution < 1.29 is 17.9 Å². The van der Waals surface area contributed by atoms with Crippen LogP contribution in [0, 0.1) is 6.92 Å². The number of nitrogens with zero attached hydrogens (tertiary/aromatic N) is 3. The molecule has 2 rings (SSSR count). The molecule has 0 saturated carbocycles. The van der Waals surface area contributed by atoms with Gasteiger partial charge in [0.2, 0.25) is 11.2 Å². The molecule has 0 atom stereocenters. The fourth-order valence-electron chi connectivity index (χ4n) is 1.65. The minimum atomic E-state index is -4.62. The predicted molar refractivity (Wildman–Crippen MR) is 70.5 cm³/mol. The van der Waals surface area contributed by atoms with Gasteiger partial charge < -0.3 is 4.74 Å². The highest BCUT2D eigenvalue weighted by molar-refractivity contribution is 6.28. The van der Waals surface area contributed by atoms with Crippen LogP contribution in [0.15, 0.2) is 18.2 Å². The molecule has 0 aromatic carbocycles. The quantitative estimate of drug-likeness (QED) is 0.796. The van der Waals surface area contributed by atoms with Crippen LogP contribution in [0.2, 0.25) is 5.28 Å². The minimum absolute atomic E-state index is 0.275. The third kappa shape index (κ3) is 3.81. The SMILES string of the molecule is CCc1nc(C)ccc1Oc1cc(C(F)(F)F)nc(Cl)n1. The Labute approximate surface area is 124 Å². The van der Waals surface area contributed by atoms with Crippen molar-refractivity contribution in [3.05, 3.63) is 40.6 Å². The van der Waals surface area contributed by atoms with Crippen molar-refractivity contribution in [2.24, 2.45) is 0 Å². The number of rotatable bonds is 3. The molecular weight excluding hydrogens is 307 g/mol. The van der Waals surface area contributed by atoms with Gasteiger partial charge in [-0.15, -0.1) is 0 Å². The number of alkyl halides is 3. The molecule has 0 N–H and O–H groups in total. The molecule has 0 fully saturated rings. The molecule has 8 heteroatoms. The van der Waals surface area contributed by atoms with Gasteiger partial charge in [-0.3, -0.25) is 4.98 Å². The summed E-state index contributed by atoms with van der Waals surface area (Å²) in [5.41, 5.74) is 0.254. The molecule has 21 heavy (non-hydrogen) atoms. The van der Waals surface area contributed by atoms with E-state index in [0.717, 1.165) is 5.69 Å². The van der Waals surface area contributed by atoms with E-state index in [-0.39, 0.29) is 5.88 Å². The van der Waals surface area contributed by atoms with Crippen LogP contribution in [0.4, 0.5) is 13.2 Å². The normalized spacial score (nSPS) is 11.5. The maximum atomic E-state index is 12.7. The fourth-order valence-corrected chi connectivity index (χ4v) is 1.83. The zero-order valence-corrected chi connectivity index (χ0v) is 12.0. The highest BCUT2D eigenvalue weighted by atomic mass is 35.5. The lowest BCUT2D eigenvalue weighted by Crippen LogP contribution is -2.09. The molecule has 0 amide bonds. The number of hydrogen-bond acceptors (Lipinski definition) is 4. The van der Waals surface area contributed by atoms with E-state index in [1.54, 1.807) is 12.1 Å². The molecule has 4 nitrogen and oxygen atoms in total. The average Bonchev–Trinajstić information content (AvgIpc) is 2.39. The molecular formula is C13H11ClF3N3O. The first kappa shape index (κ1) is 15.5. The third-order valence-electron chi connectivity index (χ3n) is 2.59. The molecule has 0 aliphatic rings. The molecule has 0 radical (unpaired) electrons. The number of pyridine rings is 1. The van der Waals surface area contributed by atoms with Crippen molar-refractivity contribution in [2.75, 3.05) is 0 Å². The molecule has 0 bridgehead atoms. The Bertz CT molecular complexity index is 662. The lowest BCUT2D eigenvalue weighted by Gasteiger charge is -2.11. The zero-order chi connectivity index (χ0) is 15.6. The first-order valence-electron chi connectivity index (χ1n) is 6.05. The van der Waals surface area contributed by atoms with E-state index >= 15 is 0 Å².